The molecule has 2 atom stereocenters. The molecule has 1 saturated heterocycles. The Morgan fingerprint density at radius 2 is 2.11 bits per heavy atom. The zero-order chi connectivity index (χ0) is 18.8. The molecular formula is C18H21N7O2. The standard InChI is InChI=1S/C18H21N7O2/c1-12(2)18-19-8-6-15(22-18)21-13-10-27-11-14(13)25-17(26)5-4-16(23-25)24-9-3-7-20-24/h3-9,12-14H,10-11H2,1-2H3,(H,19,21,22). The lowest BCUT2D eigenvalue weighted by Gasteiger charge is -2.21. The SMILES string of the molecule is CC(C)c1nccc(NC2COCC2n2nc(-n3cccn3)ccc2=O)n1. The predicted octanol–water partition coefficient (Wildman–Crippen LogP) is 1.39. The van der Waals surface area contributed by atoms with Gasteiger partial charge < -0.3 is 10.1 Å². The number of hydrogen-bond acceptors (Lipinski definition) is 7. The van der Waals surface area contributed by atoms with Gasteiger partial charge >= 0.3 is 0 Å². The van der Waals surface area contributed by atoms with Crippen LogP contribution in [-0.4, -0.2) is 48.8 Å². The molecular weight excluding hydrogens is 346 g/mol. The van der Waals surface area contributed by atoms with Crippen LogP contribution in [0.15, 0.2) is 47.7 Å². The summed E-state index contributed by atoms with van der Waals surface area (Å²) in [6.45, 7) is 4.96. The molecule has 9 nitrogen and oxygen atoms in total. The fourth-order valence-electron chi connectivity index (χ4n) is 3.02. The Morgan fingerprint density at radius 1 is 1.22 bits per heavy atom. The normalized spacial score (nSPS) is 19.5. The Hall–Kier alpha value is -3.07. The number of anilines is 1. The molecule has 140 valence electrons. The van der Waals surface area contributed by atoms with Gasteiger partial charge in [-0.2, -0.15) is 5.10 Å². The van der Waals surface area contributed by atoms with Crippen LogP contribution in [0.4, 0.5) is 5.82 Å². The lowest BCUT2D eigenvalue weighted by Crippen LogP contribution is -2.37. The summed E-state index contributed by atoms with van der Waals surface area (Å²) in [5.74, 6) is 2.30. The quantitative estimate of drug-likeness (QED) is 0.727. The van der Waals surface area contributed by atoms with Crippen molar-refractivity contribution < 1.29 is 4.74 Å². The summed E-state index contributed by atoms with van der Waals surface area (Å²) >= 11 is 0. The monoisotopic (exact) mass is 367 g/mol. The molecule has 1 aliphatic rings. The van der Waals surface area contributed by atoms with E-state index in [-0.39, 0.29) is 23.6 Å². The molecule has 1 aliphatic heterocycles. The van der Waals surface area contributed by atoms with E-state index in [1.807, 2.05) is 26.0 Å². The number of ether oxygens (including phenoxy) is 1. The second kappa shape index (κ2) is 7.28. The summed E-state index contributed by atoms with van der Waals surface area (Å²) in [6, 6.07) is 6.41. The van der Waals surface area contributed by atoms with Gasteiger partial charge in [0.15, 0.2) is 5.82 Å². The van der Waals surface area contributed by atoms with E-state index in [4.69, 9.17) is 4.74 Å². The van der Waals surface area contributed by atoms with Crippen LogP contribution >= 0.6 is 0 Å². The number of aromatic nitrogens is 6. The zero-order valence-electron chi connectivity index (χ0n) is 15.2. The van der Waals surface area contributed by atoms with Crippen molar-refractivity contribution in [1.82, 2.24) is 29.5 Å². The minimum absolute atomic E-state index is 0.127. The lowest BCUT2D eigenvalue weighted by atomic mass is 10.1. The predicted molar refractivity (Wildman–Crippen MR) is 99.0 cm³/mol. The number of nitrogens with zero attached hydrogens (tertiary/aromatic N) is 6. The van der Waals surface area contributed by atoms with Gasteiger partial charge in [0, 0.05) is 30.6 Å². The van der Waals surface area contributed by atoms with E-state index in [0.29, 0.717) is 24.8 Å². The maximum atomic E-state index is 12.4. The van der Waals surface area contributed by atoms with Crippen LogP contribution in [0.1, 0.15) is 31.6 Å². The summed E-state index contributed by atoms with van der Waals surface area (Å²) in [5.41, 5.74) is -0.182. The van der Waals surface area contributed by atoms with E-state index >= 15 is 0 Å². The van der Waals surface area contributed by atoms with Crippen LogP contribution in [0, 0.1) is 0 Å². The molecule has 3 aromatic heterocycles. The van der Waals surface area contributed by atoms with Gasteiger partial charge in [0.1, 0.15) is 17.7 Å². The molecule has 0 spiro atoms. The maximum absolute atomic E-state index is 12.4. The van der Waals surface area contributed by atoms with Crippen LogP contribution < -0.4 is 10.9 Å². The van der Waals surface area contributed by atoms with Crippen LogP contribution in [0.25, 0.3) is 5.82 Å². The zero-order valence-corrected chi connectivity index (χ0v) is 15.2. The van der Waals surface area contributed by atoms with E-state index in [2.05, 4.69) is 25.5 Å². The van der Waals surface area contributed by atoms with Gasteiger partial charge in [0.05, 0.1) is 19.3 Å². The highest BCUT2D eigenvalue weighted by atomic mass is 16.5. The summed E-state index contributed by atoms with van der Waals surface area (Å²) in [4.78, 5) is 21.3. The largest absolute Gasteiger partial charge is 0.377 e. The second-order valence-corrected chi connectivity index (χ2v) is 6.74. The van der Waals surface area contributed by atoms with Gasteiger partial charge in [-0.05, 0) is 18.2 Å². The molecule has 2 unspecified atom stereocenters. The van der Waals surface area contributed by atoms with E-state index < -0.39 is 0 Å². The molecule has 0 aromatic carbocycles. The highest BCUT2D eigenvalue weighted by Gasteiger charge is 2.32. The van der Waals surface area contributed by atoms with E-state index in [0.717, 1.165) is 5.82 Å². The lowest BCUT2D eigenvalue weighted by molar-refractivity contribution is 0.182. The fraction of sp³-hybridized carbons (Fsp3) is 0.389. The molecule has 0 saturated carbocycles. The molecule has 0 amide bonds. The first kappa shape index (κ1) is 17.3. The third-order valence-electron chi connectivity index (χ3n) is 4.44. The first-order valence-corrected chi connectivity index (χ1v) is 8.89. The molecule has 4 heterocycles. The minimum Gasteiger partial charge on any atom is -0.377 e. The summed E-state index contributed by atoms with van der Waals surface area (Å²) < 4.78 is 8.71. The number of hydrogen-bond donors (Lipinski definition) is 1. The van der Waals surface area contributed by atoms with Gasteiger partial charge in [-0.15, -0.1) is 5.10 Å². The van der Waals surface area contributed by atoms with Crippen molar-refractivity contribution in [3.05, 3.63) is 59.0 Å². The molecule has 1 fully saturated rings. The molecule has 9 heteroatoms. The van der Waals surface area contributed by atoms with Gasteiger partial charge in [0.25, 0.3) is 5.56 Å². The Kier molecular flexibility index (Phi) is 4.68. The fourth-order valence-corrected chi connectivity index (χ4v) is 3.02. The Balaban J connectivity index is 1.61. The van der Waals surface area contributed by atoms with Gasteiger partial charge in [-0.1, -0.05) is 13.8 Å². The first-order valence-electron chi connectivity index (χ1n) is 8.89. The molecule has 3 aromatic rings. The molecule has 27 heavy (non-hydrogen) atoms. The average molecular weight is 367 g/mol. The van der Waals surface area contributed by atoms with Crippen LogP contribution in [0.3, 0.4) is 0 Å². The molecule has 1 N–H and O–H groups in total. The Morgan fingerprint density at radius 3 is 2.89 bits per heavy atom. The number of nitrogens with one attached hydrogen (secondary N) is 1. The van der Waals surface area contributed by atoms with E-state index in [1.54, 1.807) is 29.3 Å². The average Bonchev–Trinajstić information content (AvgIpc) is 3.35. The van der Waals surface area contributed by atoms with Crippen molar-refractivity contribution in [3.8, 4) is 5.82 Å². The first-order chi connectivity index (χ1) is 13.1. The van der Waals surface area contributed by atoms with Gasteiger partial charge in [-0.25, -0.2) is 19.3 Å². The Labute approximate surface area is 156 Å². The summed E-state index contributed by atoms with van der Waals surface area (Å²) in [7, 11) is 0. The molecule has 0 bridgehead atoms. The molecule has 0 aliphatic carbocycles. The third-order valence-corrected chi connectivity index (χ3v) is 4.44. The highest BCUT2D eigenvalue weighted by Crippen LogP contribution is 2.22. The van der Waals surface area contributed by atoms with Crippen molar-refractivity contribution in [3.63, 3.8) is 0 Å². The van der Waals surface area contributed by atoms with Crippen molar-refractivity contribution in [2.24, 2.45) is 0 Å². The maximum Gasteiger partial charge on any atom is 0.267 e. The second-order valence-electron chi connectivity index (χ2n) is 6.74. The highest BCUT2D eigenvalue weighted by molar-refractivity contribution is 5.35. The number of rotatable bonds is 5. The molecule has 0 radical (unpaired) electrons. The van der Waals surface area contributed by atoms with Crippen molar-refractivity contribution in [1.29, 1.82) is 0 Å². The van der Waals surface area contributed by atoms with Crippen LogP contribution in [0.2, 0.25) is 0 Å². The van der Waals surface area contributed by atoms with E-state index in [9.17, 15) is 4.79 Å². The smallest absolute Gasteiger partial charge is 0.267 e. The van der Waals surface area contributed by atoms with Crippen LogP contribution in [-0.2, 0) is 4.74 Å². The minimum atomic E-state index is -0.245. The van der Waals surface area contributed by atoms with Gasteiger partial charge in [0.2, 0.25) is 0 Å². The van der Waals surface area contributed by atoms with E-state index in [1.165, 1.54) is 10.7 Å². The summed E-state index contributed by atoms with van der Waals surface area (Å²) in [5, 5.41) is 12.0. The Bertz CT molecular complexity index is 968. The topological polar surface area (TPSA) is 99.8 Å². The van der Waals surface area contributed by atoms with Crippen molar-refractivity contribution in [2.75, 3.05) is 18.5 Å². The third kappa shape index (κ3) is 3.59. The van der Waals surface area contributed by atoms with Gasteiger partial charge in [-0.3, -0.25) is 4.79 Å². The van der Waals surface area contributed by atoms with Crippen molar-refractivity contribution in [2.45, 2.75) is 31.8 Å². The van der Waals surface area contributed by atoms with Crippen molar-refractivity contribution >= 4 is 5.82 Å². The molecule has 4 rings (SSSR count). The summed E-state index contributed by atoms with van der Waals surface area (Å²) in [6.07, 6.45) is 5.19. The van der Waals surface area contributed by atoms with Crippen LogP contribution in [0.5, 0.6) is 0 Å².